The molecule has 13 heavy (non-hydrogen) atoms. The fourth-order valence-corrected chi connectivity index (χ4v) is 1.30. The van der Waals surface area contributed by atoms with Gasteiger partial charge in [-0.15, -0.1) is 0 Å². The number of nitrogens with zero attached hydrogens (tertiary/aromatic N) is 2. The second-order valence-electron chi connectivity index (χ2n) is 2.13. The van der Waals surface area contributed by atoms with Crippen molar-refractivity contribution >= 4 is 21.6 Å². The van der Waals surface area contributed by atoms with Crippen LogP contribution in [-0.4, -0.2) is 4.92 Å². The molecule has 1 aromatic rings. The highest BCUT2D eigenvalue weighted by Crippen LogP contribution is 2.30. The maximum absolute atomic E-state index is 12.8. The summed E-state index contributed by atoms with van der Waals surface area (Å²) in [5.41, 5.74) is -0.708. The standard InChI is InChI=1S/C7H2BrFN2O2/c8-6-5(9)2-1-4(3-10)7(6)11(12)13/h1-2H. The third-order valence-electron chi connectivity index (χ3n) is 1.37. The third kappa shape index (κ3) is 1.65. The number of benzene rings is 1. The van der Waals surface area contributed by atoms with Crippen LogP contribution in [0, 0.1) is 27.3 Å². The number of rotatable bonds is 1. The largest absolute Gasteiger partial charge is 0.304 e. The van der Waals surface area contributed by atoms with Gasteiger partial charge in [0.25, 0.3) is 0 Å². The van der Waals surface area contributed by atoms with Crippen LogP contribution >= 0.6 is 15.9 Å². The Bertz CT molecular complexity index is 414. The predicted octanol–water partition coefficient (Wildman–Crippen LogP) is 2.37. The zero-order valence-electron chi connectivity index (χ0n) is 6.12. The van der Waals surface area contributed by atoms with Gasteiger partial charge in [-0.05, 0) is 28.1 Å². The van der Waals surface area contributed by atoms with Crippen LogP contribution in [0.15, 0.2) is 16.6 Å². The van der Waals surface area contributed by atoms with E-state index in [1.165, 1.54) is 0 Å². The Kier molecular flexibility index (Phi) is 2.58. The maximum atomic E-state index is 12.8. The topological polar surface area (TPSA) is 66.9 Å². The van der Waals surface area contributed by atoms with Crippen LogP contribution < -0.4 is 0 Å². The van der Waals surface area contributed by atoms with Gasteiger partial charge in [-0.3, -0.25) is 10.1 Å². The summed E-state index contributed by atoms with van der Waals surface area (Å²) >= 11 is 2.70. The third-order valence-corrected chi connectivity index (χ3v) is 2.13. The van der Waals surface area contributed by atoms with Crippen molar-refractivity contribution in [2.45, 2.75) is 0 Å². The SMILES string of the molecule is N#Cc1ccc(F)c(Br)c1[N+](=O)[O-]. The molecule has 0 saturated heterocycles. The van der Waals surface area contributed by atoms with E-state index >= 15 is 0 Å². The summed E-state index contributed by atoms with van der Waals surface area (Å²) in [5, 5.41) is 18.9. The van der Waals surface area contributed by atoms with Crippen molar-refractivity contribution in [1.29, 1.82) is 5.26 Å². The Morgan fingerprint density at radius 2 is 2.23 bits per heavy atom. The first kappa shape index (κ1) is 9.61. The van der Waals surface area contributed by atoms with Gasteiger partial charge in [0.05, 0.1) is 4.92 Å². The van der Waals surface area contributed by atoms with Crippen molar-refractivity contribution < 1.29 is 9.31 Å². The Morgan fingerprint density at radius 3 is 2.69 bits per heavy atom. The number of halogens is 2. The van der Waals surface area contributed by atoms with Crippen LogP contribution in [0.25, 0.3) is 0 Å². The highest BCUT2D eigenvalue weighted by Gasteiger charge is 2.21. The van der Waals surface area contributed by atoms with Crippen LogP contribution in [0.5, 0.6) is 0 Å². The van der Waals surface area contributed by atoms with Gasteiger partial charge in [0, 0.05) is 0 Å². The molecule has 0 bridgehead atoms. The highest BCUT2D eigenvalue weighted by molar-refractivity contribution is 9.10. The minimum atomic E-state index is -0.800. The first-order valence-corrected chi connectivity index (χ1v) is 3.89. The average molecular weight is 245 g/mol. The summed E-state index contributed by atoms with van der Waals surface area (Å²) in [7, 11) is 0. The van der Waals surface area contributed by atoms with E-state index in [9.17, 15) is 14.5 Å². The summed E-state index contributed by atoms with van der Waals surface area (Å²) < 4.78 is 12.5. The summed E-state index contributed by atoms with van der Waals surface area (Å²) in [6, 6.07) is 3.67. The molecule has 1 aromatic carbocycles. The molecule has 1 rings (SSSR count). The van der Waals surface area contributed by atoms with Gasteiger partial charge in [-0.2, -0.15) is 5.26 Å². The monoisotopic (exact) mass is 244 g/mol. The molecular formula is C7H2BrFN2O2. The molecule has 0 saturated carbocycles. The second-order valence-corrected chi connectivity index (χ2v) is 2.92. The molecule has 0 N–H and O–H groups in total. The van der Waals surface area contributed by atoms with Crippen molar-refractivity contribution in [1.82, 2.24) is 0 Å². The van der Waals surface area contributed by atoms with Crippen LogP contribution in [0.2, 0.25) is 0 Å². The Hall–Kier alpha value is -1.48. The lowest BCUT2D eigenvalue weighted by Gasteiger charge is -1.97. The van der Waals surface area contributed by atoms with E-state index in [4.69, 9.17) is 5.26 Å². The van der Waals surface area contributed by atoms with Crippen molar-refractivity contribution in [2.24, 2.45) is 0 Å². The number of nitriles is 1. The van der Waals surface area contributed by atoms with Crippen LogP contribution in [0.3, 0.4) is 0 Å². The first-order valence-electron chi connectivity index (χ1n) is 3.10. The van der Waals surface area contributed by atoms with Crippen LogP contribution in [-0.2, 0) is 0 Å². The van der Waals surface area contributed by atoms with E-state index in [1.807, 2.05) is 0 Å². The molecule has 6 heteroatoms. The molecule has 0 aliphatic carbocycles. The van der Waals surface area contributed by atoms with E-state index < -0.39 is 16.4 Å². The van der Waals surface area contributed by atoms with Gasteiger partial charge < -0.3 is 0 Å². The lowest BCUT2D eigenvalue weighted by molar-refractivity contribution is -0.386. The molecule has 0 unspecified atom stereocenters. The van der Waals surface area contributed by atoms with Gasteiger partial charge in [0.1, 0.15) is 21.9 Å². The fraction of sp³-hybridized carbons (Fsp3) is 0. The van der Waals surface area contributed by atoms with Crippen molar-refractivity contribution in [3.05, 3.63) is 38.1 Å². The molecule has 0 atom stereocenters. The van der Waals surface area contributed by atoms with Crippen molar-refractivity contribution in [3.63, 3.8) is 0 Å². The fourth-order valence-electron chi connectivity index (χ4n) is 0.809. The van der Waals surface area contributed by atoms with E-state index in [0.717, 1.165) is 12.1 Å². The van der Waals surface area contributed by atoms with E-state index in [1.54, 1.807) is 6.07 Å². The molecule has 0 aliphatic heterocycles. The second kappa shape index (κ2) is 3.49. The molecule has 0 heterocycles. The molecular weight excluding hydrogens is 243 g/mol. The number of hydrogen-bond donors (Lipinski definition) is 0. The zero-order chi connectivity index (χ0) is 10.0. The normalized spacial score (nSPS) is 9.31. The highest BCUT2D eigenvalue weighted by atomic mass is 79.9. The molecule has 0 radical (unpaired) electrons. The van der Waals surface area contributed by atoms with Crippen molar-refractivity contribution in [3.8, 4) is 6.07 Å². The average Bonchev–Trinajstić information content (AvgIpc) is 2.08. The molecule has 66 valence electrons. The lowest BCUT2D eigenvalue weighted by Crippen LogP contribution is -1.95. The van der Waals surface area contributed by atoms with E-state index in [2.05, 4.69) is 15.9 Å². The Labute approximate surface area is 80.9 Å². The number of nitro benzene ring substituents is 1. The molecule has 0 aromatic heterocycles. The van der Waals surface area contributed by atoms with E-state index in [0.29, 0.717) is 0 Å². The minimum Gasteiger partial charge on any atom is -0.258 e. The first-order chi connectivity index (χ1) is 6.07. The zero-order valence-corrected chi connectivity index (χ0v) is 7.71. The van der Waals surface area contributed by atoms with Crippen LogP contribution in [0.4, 0.5) is 10.1 Å². The minimum absolute atomic E-state index is 0.168. The van der Waals surface area contributed by atoms with Gasteiger partial charge in [-0.25, -0.2) is 4.39 Å². The smallest absolute Gasteiger partial charge is 0.258 e. The van der Waals surface area contributed by atoms with E-state index in [-0.39, 0.29) is 10.0 Å². The summed E-state index contributed by atoms with van der Waals surface area (Å²) in [4.78, 5) is 9.61. The molecule has 0 spiro atoms. The summed E-state index contributed by atoms with van der Waals surface area (Å²) in [6.45, 7) is 0. The summed E-state index contributed by atoms with van der Waals surface area (Å²) in [5.74, 6) is -0.759. The molecule has 0 aliphatic rings. The van der Waals surface area contributed by atoms with Gasteiger partial charge in [0.2, 0.25) is 0 Å². The van der Waals surface area contributed by atoms with Crippen molar-refractivity contribution in [2.75, 3.05) is 0 Å². The number of nitro groups is 1. The van der Waals surface area contributed by atoms with Gasteiger partial charge in [0.15, 0.2) is 0 Å². The Morgan fingerprint density at radius 1 is 1.62 bits per heavy atom. The summed E-state index contributed by atoms with van der Waals surface area (Å²) in [6.07, 6.45) is 0. The van der Waals surface area contributed by atoms with Gasteiger partial charge in [-0.1, -0.05) is 0 Å². The quantitative estimate of drug-likeness (QED) is 0.563. The lowest BCUT2D eigenvalue weighted by atomic mass is 10.2. The molecule has 0 amide bonds. The van der Waals surface area contributed by atoms with Crippen LogP contribution in [0.1, 0.15) is 5.56 Å². The molecule has 4 nitrogen and oxygen atoms in total. The predicted molar refractivity (Wildman–Crippen MR) is 45.5 cm³/mol. The molecule has 0 fully saturated rings. The Balaban J connectivity index is 3.53. The van der Waals surface area contributed by atoms with Gasteiger partial charge >= 0.3 is 5.69 Å². The maximum Gasteiger partial charge on any atom is 0.304 e. The number of hydrogen-bond acceptors (Lipinski definition) is 3.